The summed E-state index contributed by atoms with van der Waals surface area (Å²) >= 11 is 0. The molecule has 2 N–H and O–H groups in total. The smallest absolute Gasteiger partial charge is 0.0155 e. The standard InChI is InChI=1S/C6H10N2/c1-3-7-5-2-6-8-4-1/h1-3,5,7-8H,4,6H2/b3-1-,5-2-. The van der Waals surface area contributed by atoms with Gasteiger partial charge in [0.1, 0.15) is 0 Å². The van der Waals surface area contributed by atoms with E-state index in [0.717, 1.165) is 13.1 Å². The maximum Gasteiger partial charge on any atom is 0.0155 e. The van der Waals surface area contributed by atoms with E-state index >= 15 is 0 Å². The molecule has 0 aromatic carbocycles. The molecule has 0 unspecified atom stereocenters. The first-order valence-electron chi connectivity index (χ1n) is 2.77. The Bertz CT molecular complexity index is 93.1. The Labute approximate surface area is 49.3 Å². The zero-order valence-electron chi connectivity index (χ0n) is 4.72. The van der Waals surface area contributed by atoms with Crippen molar-refractivity contribution >= 4 is 0 Å². The van der Waals surface area contributed by atoms with Crippen molar-refractivity contribution in [3.63, 3.8) is 0 Å². The molecule has 0 aromatic heterocycles. The lowest BCUT2D eigenvalue weighted by molar-refractivity contribution is 0.828. The minimum absolute atomic E-state index is 0.956. The first-order valence-corrected chi connectivity index (χ1v) is 2.77. The van der Waals surface area contributed by atoms with Crippen LogP contribution in [0.5, 0.6) is 0 Å². The summed E-state index contributed by atoms with van der Waals surface area (Å²) in [4.78, 5) is 0. The van der Waals surface area contributed by atoms with E-state index in [0.29, 0.717) is 0 Å². The average molecular weight is 110 g/mol. The highest BCUT2D eigenvalue weighted by Gasteiger charge is 1.78. The van der Waals surface area contributed by atoms with Crippen LogP contribution in [0.1, 0.15) is 0 Å². The van der Waals surface area contributed by atoms with Crippen LogP contribution >= 0.6 is 0 Å². The van der Waals surface area contributed by atoms with Gasteiger partial charge in [0, 0.05) is 13.1 Å². The van der Waals surface area contributed by atoms with E-state index in [1.165, 1.54) is 0 Å². The van der Waals surface area contributed by atoms with Crippen LogP contribution in [0.2, 0.25) is 0 Å². The molecule has 0 aliphatic carbocycles. The van der Waals surface area contributed by atoms with E-state index in [1.807, 2.05) is 24.6 Å². The quantitative estimate of drug-likeness (QED) is 0.465. The van der Waals surface area contributed by atoms with Crippen LogP contribution in [0, 0.1) is 0 Å². The van der Waals surface area contributed by atoms with Crippen LogP contribution in [-0.4, -0.2) is 13.1 Å². The Hall–Kier alpha value is -0.760. The van der Waals surface area contributed by atoms with E-state index in [2.05, 4.69) is 10.6 Å². The molecular weight excluding hydrogens is 100 g/mol. The third kappa shape index (κ3) is 1.80. The summed E-state index contributed by atoms with van der Waals surface area (Å²) in [5.74, 6) is 0. The lowest BCUT2D eigenvalue weighted by Crippen LogP contribution is -2.15. The largest absolute Gasteiger partial charge is 0.368 e. The van der Waals surface area contributed by atoms with E-state index in [1.54, 1.807) is 0 Å². The van der Waals surface area contributed by atoms with Crippen LogP contribution in [0.4, 0.5) is 0 Å². The van der Waals surface area contributed by atoms with Crippen LogP contribution < -0.4 is 10.6 Å². The predicted octanol–water partition coefficient (Wildman–Crippen LogP) is 0.207. The van der Waals surface area contributed by atoms with E-state index < -0.39 is 0 Å². The highest BCUT2D eigenvalue weighted by Crippen LogP contribution is 1.73. The number of rotatable bonds is 0. The van der Waals surface area contributed by atoms with Crippen molar-refractivity contribution in [2.24, 2.45) is 0 Å². The van der Waals surface area contributed by atoms with Crippen molar-refractivity contribution in [1.29, 1.82) is 0 Å². The van der Waals surface area contributed by atoms with E-state index in [-0.39, 0.29) is 0 Å². The lowest BCUT2D eigenvalue weighted by Gasteiger charge is -1.98. The first kappa shape index (κ1) is 5.38. The molecule has 0 atom stereocenters. The second kappa shape index (κ2) is 3.27. The summed E-state index contributed by atoms with van der Waals surface area (Å²) in [6, 6.07) is 0. The monoisotopic (exact) mass is 110 g/mol. The van der Waals surface area contributed by atoms with Crippen molar-refractivity contribution < 1.29 is 0 Å². The van der Waals surface area contributed by atoms with Gasteiger partial charge in [-0.2, -0.15) is 0 Å². The molecule has 1 rings (SSSR count). The van der Waals surface area contributed by atoms with Gasteiger partial charge < -0.3 is 10.6 Å². The zero-order valence-corrected chi connectivity index (χ0v) is 4.72. The summed E-state index contributed by atoms with van der Waals surface area (Å²) in [6.45, 7) is 1.91. The normalized spacial score (nSPS) is 27.0. The van der Waals surface area contributed by atoms with Gasteiger partial charge in [0.2, 0.25) is 0 Å². The second-order valence-corrected chi connectivity index (χ2v) is 1.63. The molecule has 0 spiro atoms. The molecule has 44 valence electrons. The van der Waals surface area contributed by atoms with Crippen LogP contribution in [0.15, 0.2) is 24.6 Å². The Morgan fingerprint density at radius 2 is 1.62 bits per heavy atom. The van der Waals surface area contributed by atoms with Gasteiger partial charge in [-0.3, -0.25) is 0 Å². The number of hydrogen-bond acceptors (Lipinski definition) is 2. The second-order valence-electron chi connectivity index (χ2n) is 1.63. The Morgan fingerprint density at radius 1 is 1.00 bits per heavy atom. The molecule has 1 heterocycles. The minimum Gasteiger partial charge on any atom is -0.368 e. The number of hydrogen-bond donors (Lipinski definition) is 2. The SMILES string of the molecule is C1=C\N/C=C\CNC/1. The van der Waals surface area contributed by atoms with Crippen molar-refractivity contribution in [1.82, 2.24) is 10.6 Å². The van der Waals surface area contributed by atoms with Gasteiger partial charge in [0.05, 0.1) is 0 Å². The molecule has 8 heavy (non-hydrogen) atoms. The Balaban J connectivity index is 2.31. The van der Waals surface area contributed by atoms with Gasteiger partial charge in [-0.15, -0.1) is 0 Å². The highest BCUT2D eigenvalue weighted by molar-refractivity contribution is 4.93. The first-order chi connectivity index (χ1) is 4.00. The number of nitrogens with one attached hydrogen (secondary N) is 2. The minimum atomic E-state index is 0.956. The highest BCUT2D eigenvalue weighted by atomic mass is 14.9. The maximum atomic E-state index is 3.17. The third-order valence-electron chi connectivity index (χ3n) is 0.953. The summed E-state index contributed by atoms with van der Waals surface area (Å²) in [6.07, 6.45) is 7.93. The van der Waals surface area contributed by atoms with Gasteiger partial charge in [0.15, 0.2) is 0 Å². The molecule has 0 aromatic rings. The molecule has 2 heteroatoms. The van der Waals surface area contributed by atoms with E-state index in [4.69, 9.17) is 0 Å². The van der Waals surface area contributed by atoms with Crippen molar-refractivity contribution in [2.45, 2.75) is 0 Å². The molecule has 0 saturated carbocycles. The van der Waals surface area contributed by atoms with Gasteiger partial charge in [-0.05, 0) is 12.4 Å². The average Bonchev–Trinajstić information content (AvgIpc) is 1.62. The van der Waals surface area contributed by atoms with Gasteiger partial charge in [-0.1, -0.05) is 12.2 Å². The fourth-order valence-electron chi connectivity index (χ4n) is 0.559. The summed E-state index contributed by atoms with van der Waals surface area (Å²) < 4.78 is 0. The van der Waals surface area contributed by atoms with E-state index in [9.17, 15) is 0 Å². The van der Waals surface area contributed by atoms with Crippen LogP contribution in [0.25, 0.3) is 0 Å². The van der Waals surface area contributed by atoms with Gasteiger partial charge in [-0.25, -0.2) is 0 Å². The summed E-state index contributed by atoms with van der Waals surface area (Å²) in [7, 11) is 0. The predicted molar refractivity (Wildman–Crippen MR) is 34.3 cm³/mol. The molecule has 0 saturated heterocycles. The Kier molecular flexibility index (Phi) is 2.20. The van der Waals surface area contributed by atoms with Crippen LogP contribution in [0.3, 0.4) is 0 Å². The fraction of sp³-hybridized carbons (Fsp3) is 0.333. The molecule has 0 fully saturated rings. The topological polar surface area (TPSA) is 24.1 Å². The van der Waals surface area contributed by atoms with Gasteiger partial charge >= 0.3 is 0 Å². The lowest BCUT2D eigenvalue weighted by atomic mass is 10.5. The summed E-state index contributed by atoms with van der Waals surface area (Å²) in [5, 5.41) is 6.16. The van der Waals surface area contributed by atoms with Crippen molar-refractivity contribution in [2.75, 3.05) is 13.1 Å². The van der Waals surface area contributed by atoms with Gasteiger partial charge in [0.25, 0.3) is 0 Å². The molecule has 1 aliphatic heterocycles. The molecule has 2 nitrogen and oxygen atoms in total. The maximum absolute atomic E-state index is 3.17. The molecule has 0 amide bonds. The molecule has 0 bridgehead atoms. The molecular formula is C6H10N2. The fourth-order valence-corrected chi connectivity index (χ4v) is 0.559. The molecule has 1 aliphatic rings. The zero-order chi connectivity index (χ0) is 5.66. The third-order valence-corrected chi connectivity index (χ3v) is 0.953. The Morgan fingerprint density at radius 3 is 2.25 bits per heavy atom. The molecule has 0 radical (unpaired) electrons. The summed E-state index contributed by atoms with van der Waals surface area (Å²) in [5.41, 5.74) is 0. The van der Waals surface area contributed by atoms with Crippen molar-refractivity contribution in [3.05, 3.63) is 24.6 Å². The van der Waals surface area contributed by atoms with Crippen molar-refractivity contribution in [3.8, 4) is 0 Å². The van der Waals surface area contributed by atoms with Crippen LogP contribution in [-0.2, 0) is 0 Å².